The van der Waals surface area contributed by atoms with E-state index in [9.17, 15) is 9.59 Å². The lowest BCUT2D eigenvalue weighted by molar-refractivity contribution is -0.108. The van der Waals surface area contributed by atoms with E-state index in [1.54, 1.807) is 0 Å². The van der Waals surface area contributed by atoms with Gasteiger partial charge in [0.1, 0.15) is 6.29 Å². The monoisotopic (exact) mass is 269 g/mol. The number of para-hydroxylation sites is 1. The minimum Gasteiger partial charge on any atom is -0.358 e. The molecule has 0 fully saturated rings. The number of aryl methyl sites for hydroxylation is 1. The maximum Gasteiger partial charge on any atom is 0.171 e. The van der Waals surface area contributed by atoms with Crippen molar-refractivity contribution < 1.29 is 9.59 Å². The van der Waals surface area contributed by atoms with Crippen molar-refractivity contribution in [2.24, 2.45) is 5.41 Å². The molecule has 3 nitrogen and oxygen atoms in total. The summed E-state index contributed by atoms with van der Waals surface area (Å²) in [7, 11) is 0. The number of aromatic amines is 1. The highest BCUT2D eigenvalue weighted by Crippen LogP contribution is 2.43. The molecule has 1 aliphatic rings. The summed E-state index contributed by atoms with van der Waals surface area (Å²) in [6.45, 7) is 2.06. The zero-order chi connectivity index (χ0) is 14.2. The second kappa shape index (κ2) is 4.89. The number of carbonyl (C=O) groups is 2. The number of ketones is 1. The zero-order valence-electron chi connectivity index (χ0n) is 11.7. The van der Waals surface area contributed by atoms with Gasteiger partial charge in [-0.05, 0) is 31.7 Å². The Bertz CT molecular complexity index is 671. The zero-order valence-corrected chi connectivity index (χ0v) is 11.7. The molecule has 2 aromatic rings. The van der Waals surface area contributed by atoms with Gasteiger partial charge in [0.25, 0.3) is 0 Å². The quantitative estimate of drug-likeness (QED) is 0.861. The number of aromatic nitrogens is 1. The van der Waals surface area contributed by atoms with Gasteiger partial charge in [0.05, 0.1) is 0 Å². The van der Waals surface area contributed by atoms with Crippen LogP contribution in [0.5, 0.6) is 0 Å². The molecule has 1 aromatic heterocycles. The molecule has 0 saturated carbocycles. The van der Waals surface area contributed by atoms with Crippen molar-refractivity contribution in [3.05, 3.63) is 35.5 Å². The summed E-state index contributed by atoms with van der Waals surface area (Å²) in [4.78, 5) is 27.1. The molecular formula is C17H19NO2. The largest absolute Gasteiger partial charge is 0.358 e. The molecule has 0 saturated heterocycles. The molecule has 1 aliphatic carbocycles. The van der Waals surface area contributed by atoms with Crippen LogP contribution < -0.4 is 0 Å². The van der Waals surface area contributed by atoms with Crippen LogP contribution >= 0.6 is 0 Å². The van der Waals surface area contributed by atoms with Crippen molar-refractivity contribution in [1.29, 1.82) is 0 Å². The first-order chi connectivity index (χ1) is 9.72. The minimum atomic E-state index is -0.348. The molecule has 1 N–H and O–H groups in total. The van der Waals surface area contributed by atoms with E-state index in [1.165, 1.54) is 0 Å². The Balaban J connectivity index is 2.11. The van der Waals surface area contributed by atoms with Crippen molar-refractivity contribution in [3.63, 3.8) is 0 Å². The number of Topliss-reactive ketones (excluding diaryl/α,β-unsaturated/α-hetero) is 1. The van der Waals surface area contributed by atoms with E-state index in [0.29, 0.717) is 12.8 Å². The fraction of sp³-hybridized carbons (Fsp3) is 0.412. The third-order valence-corrected chi connectivity index (χ3v) is 4.76. The highest BCUT2D eigenvalue weighted by Gasteiger charge is 2.42. The Morgan fingerprint density at radius 3 is 2.90 bits per heavy atom. The molecule has 1 heterocycles. The van der Waals surface area contributed by atoms with Gasteiger partial charge >= 0.3 is 0 Å². The fourth-order valence-corrected chi connectivity index (χ4v) is 3.48. The van der Waals surface area contributed by atoms with Gasteiger partial charge < -0.3 is 9.78 Å². The van der Waals surface area contributed by atoms with E-state index in [4.69, 9.17) is 0 Å². The lowest BCUT2D eigenvalue weighted by atomic mass is 9.67. The molecule has 3 heteroatoms. The van der Waals surface area contributed by atoms with Crippen LogP contribution in [0.15, 0.2) is 24.3 Å². The van der Waals surface area contributed by atoms with Crippen LogP contribution in [0.1, 0.15) is 48.7 Å². The Hall–Kier alpha value is -1.90. The summed E-state index contributed by atoms with van der Waals surface area (Å²) in [5.41, 5.74) is 2.61. The second-order valence-corrected chi connectivity index (χ2v) is 5.69. The first kappa shape index (κ1) is 13.1. The Morgan fingerprint density at radius 2 is 2.15 bits per heavy atom. The van der Waals surface area contributed by atoms with Gasteiger partial charge in [0.2, 0.25) is 0 Å². The Labute approximate surface area is 118 Å². The predicted octanol–water partition coefficient (Wildman–Crippen LogP) is 3.67. The lowest BCUT2D eigenvalue weighted by Crippen LogP contribution is -2.35. The summed E-state index contributed by atoms with van der Waals surface area (Å²) in [6.07, 6.45) is 4.61. The number of hydrogen-bond donors (Lipinski definition) is 1. The molecular weight excluding hydrogens is 250 g/mol. The lowest BCUT2D eigenvalue weighted by Gasteiger charge is -2.34. The highest BCUT2D eigenvalue weighted by molar-refractivity contribution is 6.12. The molecule has 1 unspecified atom stereocenters. The van der Waals surface area contributed by atoms with Gasteiger partial charge in [-0.25, -0.2) is 0 Å². The summed E-state index contributed by atoms with van der Waals surface area (Å²) < 4.78 is 0. The van der Waals surface area contributed by atoms with Crippen LogP contribution in [-0.2, 0) is 11.2 Å². The maximum absolute atomic E-state index is 13.0. The van der Waals surface area contributed by atoms with Crippen LogP contribution in [0, 0.1) is 5.41 Å². The minimum absolute atomic E-state index is 0.223. The number of nitrogens with one attached hydrogen (secondary N) is 1. The Morgan fingerprint density at radius 1 is 1.35 bits per heavy atom. The van der Waals surface area contributed by atoms with E-state index in [2.05, 4.69) is 11.9 Å². The van der Waals surface area contributed by atoms with Gasteiger partial charge in [0.15, 0.2) is 5.78 Å². The van der Waals surface area contributed by atoms with E-state index in [0.717, 1.165) is 47.7 Å². The Kier molecular flexibility index (Phi) is 3.20. The standard InChI is InChI=1S/C17H19NO2/c1-2-17(9-5-11-19)10-8-14-15(16(17)20)12-6-3-4-7-13(12)18-14/h3-4,6-7,11,18H,2,5,8-10H2,1H3. The average molecular weight is 269 g/mol. The van der Waals surface area contributed by atoms with Gasteiger partial charge in [-0.15, -0.1) is 0 Å². The predicted molar refractivity (Wildman–Crippen MR) is 79.0 cm³/mol. The van der Waals surface area contributed by atoms with Crippen molar-refractivity contribution in [2.75, 3.05) is 0 Å². The number of benzene rings is 1. The molecule has 1 aromatic carbocycles. The van der Waals surface area contributed by atoms with Gasteiger partial charge in [-0.1, -0.05) is 25.1 Å². The number of hydrogen-bond acceptors (Lipinski definition) is 2. The number of H-pyrrole nitrogens is 1. The van der Waals surface area contributed by atoms with E-state index < -0.39 is 0 Å². The molecule has 1 atom stereocenters. The molecule has 20 heavy (non-hydrogen) atoms. The fourth-order valence-electron chi connectivity index (χ4n) is 3.48. The molecule has 0 aliphatic heterocycles. The SMILES string of the molecule is CCC1(CCC=O)CCc2[nH]c3ccccc3c2C1=O. The smallest absolute Gasteiger partial charge is 0.171 e. The average Bonchev–Trinajstić information content (AvgIpc) is 2.86. The van der Waals surface area contributed by atoms with Crippen LogP contribution in [0.2, 0.25) is 0 Å². The number of aldehydes is 1. The van der Waals surface area contributed by atoms with Crippen LogP contribution in [0.4, 0.5) is 0 Å². The summed E-state index contributed by atoms with van der Waals surface area (Å²) in [6, 6.07) is 7.97. The van der Waals surface area contributed by atoms with Crippen molar-refractivity contribution in [3.8, 4) is 0 Å². The second-order valence-electron chi connectivity index (χ2n) is 5.69. The van der Waals surface area contributed by atoms with Crippen molar-refractivity contribution in [2.45, 2.75) is 39.0 Å². The van der Waals surface area contributed by atoms with E-state index >= 15 is 0 Å². The van der Waals surface area contributed by atoms with Crippen molar-refractivity contribution in [1.82, 2.24) is 4.98 Å². The van der Waals surface area contributed by atoms with Crippen LogP contribution in [-0.4, -0.2) is 17.1 Å². The number of rotatable bonds is 4. The van der Waals surface area contributed by atoms with Crippen LogP contribution in [0.25, 0.3) is 10.9 Å². The van der Waals surface area contributed by atoms with Gasteiger partial charge in [-0.2, -0.15) is 0 Å². The van der Waals surface area contributed by atoms with E-state index in [-0.39, 0.29) is 11.2 Å². The summed E-state index contributed by atoms with van der Waals surface area (Å²) in [5.74, 6) is 0.223. The summed E-state index contributed by atoms with van der Waals surface area (Å²) >= 11 is 0. The molecule has 0 spiro atoms. The first-order valence-electron chi connectivity index (χ1n) is 7.30. The third kappa shape index (κ3) is 1.80. The highest BCUT2D eigenvalue weighted by atomic mass is 16.1. The third-order valence-electron chi connectivity index (χ3n) is 4.76. The molecule has 0 radical (unpaired) electrons. The first-order valence-corrected chi connectivity index (χ1v) is 7.30. The topological polar surface area (TPSA) is 49.9 Å². The summed E-state index contributed by atoms with van der Waals surface area (Å²) in [5, 5.41) is 1.02. The van der Waals surface area contributed by atoms with Crippen LogP contribution in [0.3, 0.4) is 0 Å². The van der Waals surface area contributed by atoms with Gasteiger partial charge in [-0.3, -0.25) is 4.79 Å². The van der Waals surface area contributed by atoms with E-state index in [1.807, 2.05) is 24.3 Å². The molecule has 104 valence electrons. The van der Waals surface area contributed by atoms with Crippen molar-refractivity contribution >= 4 is 23.0 Å². The molecule has 3 rings (SSSR count). The normalized spacial score (nSPS) is 21.9. The maximum atomic E-state index is 13.0. The van der Waals surface area contributed by atoms with Gasteiger partial charge in [0, 0.05) is 34.0 Å². The number of carbonyl (C=O) groups excluding carboxylic acids is 2. The molecule has 0 amide bonds. The number of fused-ring (bicyclic) bond motifs is 3. The molecule has 0 bridgehead atoms.